The molecule has 0 bridgehead atoms. The van der Waals surface area contributed by atoms with E-state index in [0.29, 0.717) is 37.1 Å². The van der Waals surface area contributed by atoms with Crippen molar-refractivity contribution in [2.45, 2.75) is 19.0 Å². The topological polar surface area (TPSA) is 40.6 Å². The lowest BCUT2D eigenvalue weighted by Gasteiger charge is -2.17. The van der Waals surface area contributed by atoms with Gasteiger partial charge in [-0.3, -0.25) is 14.5 Å². The lowest BCUT2D eigenvalue weighted by molar-refractivity contribution is 0.0648. The van der Waals surface area contributed by atoms with Gasteiger partial charge >= 0.3 is 0 Å². The lowest BCUT2D eigenvalue weighted by atomic mass is 10.1. The Morgan fingerprint density at radius 2 is 1.75 bits per heavy atom. The molecule has 0 saturated carbocycles. The largest absolute Gasteiger partial charge is 0.300 e. The van der Waals surface area contributed by atoms with Gasteiger partial charge in [0, 0.05) is 19.6 Å². The highest BCUT2D eigenvalue weighted by Crippen LogP contribution is 2.22. The van der Waals surface area contributed by atoms with Crippen LogP contribution in [0.15, 0.2) is 24.3 Å². The third kappa shape index (κ3) is 2.33. The summed E-state index contributed by atoms with van der Waals surface area (Å²) in [5.74, 6) is -0.425. The van der Waals surface area contributed by atoms with Gasteiger partial charge in [-0.15, -0.1) is 0 Å². The van der Waals surface area contributed by atoms with Gasteiger partial charge in [0.05, 0.1) is 11.1 Å². The molecule has 2 aliphatic rings. The van der Waals surface area contributed by atoms with Crippen LogP contribution in [-0.2, 0) is 0 Å². The number of alkyl halides is 1. The maximum absolute atomic E-state index is 13.0. The molecule has 2 heterocycles. The summed E-state index contributed by atoms with van der Waals surface area (Å²) in [6.07, 6.45) is 0.555. The standard InChI is InChI=1S/C15H17FN2O2/c16-11-6-9-17(10-11)7-3-8-18-14(19)12-4-1-2-5-13(12)15(18)20/h1-2,4-5,11H,3,6-10H2/t11-/m1/s1. The number of halogens is 1. The van der Waals surface area contributed by atoms with Crippen LogP contribution >= 0.6 is 0 Å². The fourth-order valence-corrected chi connectivity index (χ4v) is 2.88. The number of hydrogen-bond donors (Lipinski definition) is 0. The van der Waals surface area contributed by atoms with E-state index in [1.807, 2.05) is 4.90 Å². The van der Waals surface area contributed by atoms with Crippen LogP contribution in [0.3, 0.4) is 0 Å². The smallest absolute Gasteiger partial charge is 0.261 e. The minimum atomic E-state index is -0.727. The van der Waals surface area contributed by atoms with Gasteiger partial charge in [-0.2, -0.15) is 0 Å². The Kier molecular flexibility index (Phi) is 3.53. The van der Waals surface area contributed by atoms with Crippen molar-refractivity contribution in [3.8, 4) is 0 Å². The first-order chi connectivity index (χ1) is 9.66. The molecule has 1 fully saturated rings. The predicted molar refractivity (Wildman–Crippen MR) is 72.4 cm³/mol. The third-order valence-electron chi connectivity index (χ3n) is 3.95. The number of benzene rings is 1. The van der Waals surface area contributed by atoms with E-state index >= 15 is 0 Å². The quantitative estimate of drug-likeness (QED) is 0.786. The number of carbonyl (C=O) groups is 2. The molecule has 5 heteroatoms. The van der Waals surface area contributed by atoms with Gasteiger partial charge in [0.2, 0.25) is 0 Å². The molecule has 2 aliphatic heterocycles. The van der Waals surface area contributed by atoms with Crippen molar-refractivity contribution in [3.63, 3.8) is 0 Å². The normalized spacial score (nSPS) is 22.6. The SMILES string of the molecule is O=C1c2ccccc2C(=O)N1CCCN1CC[C@@H](F)C1. The van der Waals surface area contributed by atoms with Gasteiger partial charge in [-0.25, -0.2) is 4.39 Å². The van der Waals surface area contributed by atoms with Gasteiger partial charge in [0.1, 0.15) is 6.17 Å². The monoisotopic (exact) mass is 276 g/mol. The molecule has 0 spiro atoms. The number of imide groups is 1. The van der Waals surface area contributed by atoms with E-state index in [9.17, 15) is 14.0 Å². The van der Waals surface area contributed by atoms with Crippen LogP contribution < -0.4 is 0 Å². The average molecular weight is 276 g/mol. The van der Waals surface area contributed by atoms with Gasteiger partial charge in [-0.1, -0.05) is 12.1 Å². The van der Waals surface area contributed by atoms with E-state index < -0.39 is 6.17 Å². The highest BCUT2D eigenvalue weighted by molar-refractivity contribution is 6.21. The summed E-state index contributed by atoms with van der Waals surface area (Å²) in [5.41, 5.74) is 0.977. The van der Waals surface area contributed by atoms with E-state index in [4.69, 9.17) is 0 Å². The molecule has 0 aliphatic carbocycles. The van der Waals surface area contributed by atoms with Crippen molar-refractivity contribution in [1.29, 1.82) is 0 Å². The maximum atomic E-state index is 13.0. The molecule has 2 amide bonds. The number of fused-ring (bicyclic) bond motifs is 1. The van der Waals surface area contributed by atoms with Crippen LogP contribution in [0, 0.1) is 0 Å². The highest BCUT2D eigenvalue weighted by Gasteiger charge is 2.34. The van der Waals surface area contributed by atoms with Gasteiger partial charge in [0.15, 0.2) is 0 Å². The fourth-order valence-electron chi connectivity index (χ4n) is 2.88. The Labute approximate surface area is 117 Å². The van der Waals surface area contributed by atoms with E-state index in [2.05, 4.69) is 0 Å². The van der Waals surface area contributed by atoms with Gasteiger partial charge < -0.3 is 4.90 Å². The van der Waals surface area contributed by atoms with Crippen molar-refractivity contribution < 1.29 is 14.0 Å². The molecule has 0 unspecified atom stereocenters. The summed E-state index contributed by atoms with van der Waals surface area (Å²) >= 11 is 0. The molecule has 3 rings (SSSR count). The summed E-state index contributed by atoms with van der Waals surface area (Å²) in [7, 11) is 0. The second-order valence-corrected chi connectivity index (χ2v) is 5.35. The summed E-state index contributed by atoms with van der Waals surface area (Å²) in [6.45, 7) is 2.37. The molecular formula is C15H17FN2O2. The third-order valence-corrected chi connectivity index (χ3v) is 3.95. The van der Waals surface area contributed by atoms with E-state index in [-0.39, 0.29) is 11.8 Å². The fraction of sp³-hybridized carbons (Fsp3) is 0.467. The van der Waals surface area contributed by atoms with E-state index in [0.717, 1.165) is 13.1 Å². The predicted octanol–water partition coefficient (Wildman–Crippen LogP) is 1.72. The summed E-state index contributed by atoms with van der Waals surface area (Å²) < 4.78 is 13.0. The maximum Gasteiger partial charge on any atom is 0.261 e. The lowest BCUT2D eigenvalue weighted by Crippen LogP contribution is -2.33. The molecular weight excluding hydrogens is 259 g/mol. The molecule has 0 aromatic heterocycles. The first-order valence-electron chi connectivity index (χ1n) is 6.98. The first-order valence-corrected chi connectivity index (χ1v) is 6.98. The van der Waals surface area contributed by atoms with E-state index in [1.165, 1.54) is 4.90 Å². The molecule has 1 aromatic carbocycles. The minimum absolute atomic E-state index is 0.213. The molecule has 106 valence electrons. The number of amides is 2. The zero-order chi connectivity index (χ0) is 14.1. The molecule has 1 atom stereocenters. The van der Waals surface area contributed by atoms with Crippen molar-refractivity contribution in [2.75, 3.05) is 26.2 Å². The van der Waals surface area contributed by atoms with Crippen LogP contribution in [0.25, 0.3) is 0 Å². The average Bonchev–Trinajstić information content (AvgIpc) is 2.97. The van der Waals surface area contributed by atoms with Crippen LogP contribution in [0.4, 0.5) is 4.39 Å². The Morgan fingerprint density at radius 1 is 1.10 bits per heavy atom. The van der Waals surface area contributed by atoms with Gasteiger partial charge in [0.25, 0.3) is 11.8 Å². The number of hydrogen-bond acceptors (Lipinski definition) is 3. The minimum Gasteiger partial charge on any atom is -0.300 e. The number of carbonyl (C=O) groups excluding carboxylic acids is 2. The second kappa shape index (κ2) is 5.32. The zero-order valence-electron chi connectivity index (χ0n) is 11.2. The second-order valence-electron chi connectivity index (χ2n) is 5.35. The summed E-state index contributed by atoms with van der Waals surface area (Å²) in [4.78, 5) is 27.6. The Balaban J connectivity index is 1.57. The molecule has 20 heavy (non-hydrogen) atoms. The zero-order valence-corrected chi connectivity index (χ0v) is 11.2. The summed E-state index contributed by atoms with van der Waals surface area (Å²) in [6, 6.07) is 6.89. The Hall–Kier alpha value is -1.75. The Bertz CT molecular complexity index is 511. The van der Waals surface area contributed by atoms with Crippen molar-refractivity contribution in [3.05, 3.63) is 35.4 Å². The van der Waals surface area contributed by atoms with Crippen molar-refractivity contribution in [2.24, 2.45) is 0 Å². The Morgan fingerprint density at radius 3 is 2.30 bits per heavy atom. The van der Waals surface area contributed by atoms with Gasteiger partial charge in [-0.05, 0) is 31.5 Å². The van der Waals surface area contributed by atoms with Crippen LogP contribution in [-0.4, -0.2) is 54.0 Å². The molecule has 0 N–H and O–H groups in total. The molecule has 0 radical (unpaired) electrons. The molecule has 1 saturated heterocycles. The van der Waals surface area contributed by atoms with E-state index in [1.54, 1.807) is 24.3 Å². The van der Waals surface area contributed by atoms with Crippen LogP contribution in [0.2, 0.25) is 0 Å². The highest BCUT2D eigenvalue weighted by atomic mass is 19.1. The molecule has 1 aromatic rings. The first kappa shape index (κ1) is 13.2. The number of nitrogens with zero attached hydrogens (tertiary/aromatic N) is 2. The molecule has 4 nitrogen and oxygen atoms in total. The number of likely N-dealkylation sites (tertiary alicyclic amines) is 1. The van der Waals surface area contributed by atoms with Crippen LogP contribution in [0.1, 0.15) is 33.6 Å². The number of rotatable bonds is 4. The summed E-state index contributed by atoms with van der Waals surface area (Å²) in [5, 5.41) is 0. The van der Waals surface area contributed by atoms with Crippen molar-refractivity contribution >= 4 is 11.8 Å². The van der Waals surface area contributed by atoms with Crippen LogP contribution in [0.5, 0.6) is 0 Å². The van der Waals surface area contributed by atoms with Crippen molar-refractivity contribution in [1.82, 2.24) is 9.80 Å².